The molecule has 2 amide bonds. The van der Waals surface area contributed by atoms with Gasteiger partial charge in [0.25, 0.3) is 0 Å². The van der Waals surface area contributed by atoms with Crippen molar-refractivity contribution in [3.63, 3.8) is 0 Å². The monoisotopic (exact) mass is 410 g/mol. The average molecular weight is 410 g/mol. The number of hydrogen-bond donors (Lipinski definition) is 1. The van der Waals surface area contributed by atoms with Crippen molar-refractivity contribution in [3.05, 3.63) is 59.3 Å². The molecule has 2 heterocycles. The first-order valence-electron chi connectivity index (χ1n) is 9.46. The number of benzene rings is 2. The summed E-state index contributed by atoms with van der Waals surface area (Å²) >= 11 is 0. The van der Waals surface area contributed by atoms with Crippen molar-refractivity contribution >= 4 is 17.7 Å². The molecule has 8 heteroatoms. The molecule has 0 aromatic heterocycles. The molecule has 1 N–H and O–H groups in total. The molecular formula is C22H22N2O6. The Morgan fingerprint density at radius 2 is 1.77 bits per heavy atom. The standard InChI is InChI=1S/C22H22N2O6/c1-13-19(21(25)28-3)20(14-4-7-16(27-2)8-5-14)23-22(26)24(13)15-6-9-17-18(12-15)30-11-10-29-17/h4-9,12,20H,10-11H2,1-3H3,(H,23,26)/t20-/m1/s1. The van der Waals surface area contributed by atoms with E-state index in [9.17, 15) is 9.59 Å². The molecule has 30 heavy (non-hydrogen) atoms. The Labute approximate surface area is 174 Å². The van der Waals surface area contributed by atoms with Crippen molar-refractivity contribution in [1.29, 1.82) is 0 Å². The average Bonchev–Trinajstić information content (AvgIpc) is 2.78. The van der Waals surface area contributed by atoms with Crippen LogP contribution in [0.3, 0.4) is 0 Å². The van der Waals surface area contributed by atoms with Crippen LogP contribution in [0.25, 0.3) is 0 Å². The summed E-state index contributed by atoms with van der Waals surface area (Å²) in [5.41, 5.74) is 2.12. The van der Waals surface area contributed by atoms with Crippen molar-refractivity contribution in [2.45, 2.75) is 13.0 Å². The van der Waals surface area contributed by atoms with E-state index in [1.54, 1.807) is 56.5 Å². The van der Waals surface area contributed by atoms with Gasteiger partial charge in [-0.2, -0.15) is 0 Å². The number of nitrogens with one attached hydrogen (secondary N) is 1. The number of allylic oxidation sites excluding steroid dienone is 1. The lowest BCUT2D eigenvalue weighted by Crippen LogP contribution is -2.48. The number of carbonyl (C=O) groups is 2. The maximum atomic E-state index is 13.1. The first-order valence-corrected chi connectivity index (χ1v) is 9.46. The lowest BCUT2D eigenvalue weighted by Gasteiger charge is -2.35. The van der Waals surface area contributed by atoms with Crippen LogP contribution in [-0.2, 0) is 9.53 Å². The zero-order chi connectivity index (χ0) is 21.3. The number of rotatable bonds is 4. The molecule has 2 aliphatic rings. The Balaban J connectivity index is 1.78. The van der Waals surface area contributed by atoms with Crippen molar-refractivity contribution in [1.82, 2.24) is 5.32 Å². The molecule has 156 valence electrons. The molecule has 0 fully saturated rings. The molecule has 1 atom stereocenters. The Bertz CT molecular complexity index is 1010. The van der Waals surface area contributed by atoms with E-state index in [0.29, 0.717) is 47.4 Å². The van der Waals surface area contributed by atoms with Gasteiger partial charge in [-0.05, 0) is 36.8 Å². The summed E-state index contributed by atoms with van der Waals surface area (Å²) in [5, 5.41) is 2.91. The van der Waals surface area contributed by atoms with Crippen LogP contribution >= 0.6 is 0 Å². The zero-order valence-corrected chi connectivity index (χ0v) is 16.9. The van der Waals surface area contributed by atoms with Crippen LogP contribution in [0.5, 0.6) is 17.2 Å². The molecule has 0 spiro atoms. The molecule has 0 radical (unpaired) electrons. The van der Waals surface area contributed by atoms with Crippen molar-refractivity contribution in [2.24, 2.45) is 0 Å². The Hall–Kier alpha value is -3.68. The van der Waals surface area contributed by atoms with Gasteiger partial charge >= 0.3 is 12.0 Å². The minimum absolute atomic E-state index is 0.345. The quantitative estimate of drug-likeness (QED) is 0.779. The van der Waals surface area contributed by atoms with Crippen LogP contribution in [0.1, 0.15) is 18.5 Å². The maximum Gasteiger partial charge on any atom is 0.337 e. The second kappa shape index (κ2) is 7.98. The van der Waals surface area contributed by atoms with E-state index in [1.807, 2.05) is 0 Å². The zero-order valence-electron chi connectivity index (χ0n) is 16.9. The summed E-state index contributed by atoms with van der Waals surface area (Å²) in [4.78, 5) is 27.2. The van der Waals surface area contributed by atoms with Crippen LogP contribution in [-0.4, -0.2) is 39.4 Å². The van der Waals surface area contributed by atoms with Gasteiger partial charge in [0.05, 0.1) is 31.5 Å². The fourth-order valence-corrected chi connectivity index (χ4v) is 3.65. The Morgan fingerprint density at radius 3 is 2.43 bits per heavy atom. The molecule has 4 rings (SSSR count). The number of ether oxygens (including phenoxy) is 4. The highest BCUT2D eigenvalue weighted by Gasteiger charge is 2.37. The van der Waals surface area contributed by atoms with Gasteiger partial charge in [0.15, 0.2) is 11.5 Å². The van der Waals surface area contributed by atoms with E-state index in [-0.39, 0.29) is 6.03 Å². The number of carbonyl (C=O) groups excluding carboxylic acids is 2. The summed E-state index contributed by atoms with van der Waals surface area (Å²) < 4.78 is 21.4. The van der Waals surface area contributed by atoms with E-state index in [4.69, 9.17) is 18.9 Å². The van der Waals surface area contributed by atoms with Crippen molar-refractivity contribution in [3.8, 4) is 17.2 Å². The second-order valence-electron chi connectivity index (χ2n) is 6.81. The minimum Gasteiger partial charge on any atom is -0.497 e. The van der Waals surface area contributed by atoms with E-state index in [1.165, 1.54) is 12.0 Å². The summed E-state index contributed by atoms with van der Waals surface area (Å²) in [5.74, 6) is 1.33. The highest BCUT2D eigenvalue weighted by molar-refractivity contribution is 6.03. The third kappa shape index (κ3) is 3.41. The highest BCUT2D eigenvalue weighted by atomic mass is 16.6. The van der Waals surface area contributed by atoms with Crippen LogP contribution in [0, 0.1) is 0 Å². The molecule has 0 saturated carbocycles. The number of fused-ring (bicyclic) bond motifs is 1. The van der Waals surface area contributed by atoms with E-state index >= 15 is 0 Å². The van der Waals surface area contributed by atoms with E-state index in [2.05, 4.69) is 5.32 Å². The van der Waals surface area contributed by atoms with Gasteiger partial charge in [0.1, 0.15) is 19.0 Å². The second-order valence-corrected chi connectivity index (χ2v) is 6.81. The van der Waals surface area contributed by atoms with Gasteiger partial charge in [0, 0.05) is 11.8 Å². The largest absolute Gasteiger partial charge is 0.497 e. The number of urea groups is 1. The number of methoxy groups -OCH3 is 2. The smallest absolute Gasteiger partial charge is 0.337 e. The number of anilines is 1. The Morgan fingerprint density at radius 1 is 1.07 bits per heavy atom. The molecule has 8 nitrogen and oxygen atoms in total. The molecule has 2 aliphatic heterocycles. The van der Waals surface area contributed by atoms with Crippen LogP contribution < -0.4 is 24.4 Å². The maximum absolute atomic E-state index is 13.1. The third-order valence-electron chi connectivity index (χ3n) is 5.12. The van der Waals surface area contributed by atoms with Gasteiger partial charge in [-0.15, -0.1) is 0 Å². The number of esters is 1. The number of hydrogen-bond acceptors (Lipinski definition) is 6. The normalized spacial score (nSPS) is 18.0. The summed E-state index contributed by atoms with van der Waals surface area (Å²) in [6.07, 6.45) is 0. The molecular weight excluding hydrogens is 388 g/mol. The molecule has 0 aliphatic carbocycles. The van der Waals surface area contributed by atoms with Gasteiger partial charge in [-0.3, -0.25) is 4.90 Å². The van der Waals surface area contributed by atoms with Gasteiger partial charge in [-0.25, -0.2) is 9.59 Å². The summed E-state index contributed by atoms with van der Waals surface area (Å²) in [6.45, 7) is 2.63. The molecule has 2 aromatic rings. The summed E-state index contributed by atoms with van der Waals surface area (Å²) in [7, 11) is 2.89. The minimum atomic E-state index is -0.649. The van der Waals surface area contributed by atoms with Gasteiger partial charge in [-0.1, -0.05) is 12.1 Å². The summed E-state index contributed by atoms with van der Waals surface area (Å²) in [6, 6.07) is 11.4. The third-order valence-corrected chi connectivity index (χ3v) is 5.12. The number of nitrogens with zero attached hydrogens (tertiary/aromatic N) is 1. The molecule has 0 saturated heterocycles. The topological polar surface area (TPSA) is 86.3 Å². The molecule has 2 aromatic carbocycles. The fourth-order valence-electron chi connectivity index (χ4n) is 3.65. The van der Waals surface area contributed by atoms with E-state index in [0.717, 1.165) is 5.56 Å². The van der Waals surface area contributed by atoms with Crippen LogP contribution in [0.2, 0.25) is 0 Å². The highest BCUT2D eigenvalue weighted by Crippen LogP contribution is 2.38. The van der Waals surface area contributed by atoms with Crippen molar-refractivity contribution < 1.29 is 28.5 Å². The van der Waals surface area contributed by atoms with Crippen LogP contribution in [0.4, 0.5) is 10.5 Å². The fraction of sp³-hybridized carbons (Fsp3) is 0.273. The van der Waals surface area contributed by atoms with Crippen molar-refractivity contribution in [2.75, 3.05) is 32.3 Å². The first kappa shape index (κ1) is 19.6. The number of amides is 2. The lowest BCUT2D eigenvalue weighted by molar-refractivity contribution is -0.136. The van der Waals surface area contributed by atoms with Gasteiger partial charge < -0.3 is 24.3 Å². The predicted molar refractivity (Wildman–Crippen MR) is 109 cm³/mol. The molecule has 0 unspecified atom stereocenters. The SMILES string of the molecule is COC(=O)C1=C(C)N(c2ccc3c(c2)OCCO3)C(=O)N[C@@H]1c1ccc(OC)cc1. The predicted octanol–water partition coefficient (Wildman–Crippen LogP) is 3.18. The lowest BCUT2D eigenvalue weighted by atomic mass is 9.94. The van der Waals surface area contributed by atoms with Gasteiger partial charge in [0.2, 0.25) is 0 Å². The first-order chi connectivity index (χ1) is 14.5. The molecule has 0 bridgehead atoms. The van der Waals surface area contributed by atoms with Crippen LogP contribution in [0.15, 0.2) is 53.7 Å². The van der Waals surface area contributed by atoms with E-state index < -0.39 is 12.0 Å². The Kier molecular flexibility index (Phi) is 5.22.